The lowest BCUT2D eigenvalue weighted by Gasteiger charge is -2.00. The predicted molar refractivity (Wildman–Crippen MR) is 76.7 cm³/mol. The van der Waals surface area contributed by atoms with Crippen molar-refractivity contribution in [2.45, 2.75) is 19.5 Å². The van der Waals surface area contributed by atoms with E-state index in [0.29, 0.717) is 0 Å². The van der Waals surface area contributed by atoms with Crippen LogP contribution in [-0.4, -0.2) is 22.8 Å². The van der Waals surface area contributed by atoms with Crippen LogP contribution in [0.2, 0.25) is 0 Å². The van der Waals surface area contributed by atoms with Crippen molar-refractivity contribution in [3.8, 4) is 0 Å². The second-order valence-electron chi connectivity index (χ2n) is 4.48. The molecule has 0 spiro atoms. The smallest absolute Gasteiger partial charge is 0.227 e. The predicted octanol–water partition coefficient (Wildman–Crippen LogP) is -5.02. The van der Waals surface area contributed by atoms with Crippen LogP contribution < -0.4 is 43.1 Å². The fourth-order valence-corrected chi connectivity index (χ4v) is 2.15. The van der Waals surface area contributed by atoms with Crippen LogP contribution in [0.3, 0.4) is 0 Å². The molecule has 0 radical (unpaired) electrons. The van der Waals surface area contributed by atoms with Crippen molar-refractivity contribution in [3.05, 3.63) is 60.2 Å². The van der Waals surface area contributed by atoms with E-state index in [2.05, 4.69) is 10.3 Å². The van der Waals surface area contributed by atoms with Gasteiger partial charge in [-0.15, -0.1) is 0 Å². The van der Waals surface area contributed by atoms with Crippen LogP contribution in [0.5, 0.6) is 0 Å². The molecule has 2 rings (SSSR count). The number of oxime groups is 2. The maximum atomic E-state index is 8.66. The summed E-state index contributed by atoms with van der Waals surface area (Å²) in [5, 5.41) is 23.5. The van der Waals surface area contributed by atoms with E-state index in [1.165, 1.54) is 12.4 Å². The summed E-state index contributed by atoms with van der Waals surface area (Å²) in [5.41, 5.74) is 1.69. The molecule has 124 valence electrons. The fraction of sp³-hybridized carbons (Fsp3) is 0.200. The van der Waals surface area contributed by atoms with Gasteiger partial charge in [-0.25, -0.2) is 0 Å². The van der Waals surface area contributed by atoms with Crippen molar-refractivity contribution in [2.75, 3.05) is 0 Å². The van der Waals surface area contributed by atoms with Gasteiger partial charge in [0, 0.05) is 24.3 Å². The first kappa shape index (κ1) is 21.2. The monoisotopic (exact) mass is 444 g/mol. The molecule has 0 fully saturated rings. The Labute approximate surface area is 155 Å². The highest BCUT2D eigenvalue weighted by molar-refractivity contribution is 5.74. The van der Waals surface area contributed by atoms with E-state index in [1.807, 2.05) is 57.9 Å². The SMILES string of the molecule is O/N=C/c1cccc[n+]1CCC[n+]1ccccc1/C=N/O.[Br-].[Br-]. The molecule has 2 aromatic heterocycles. The van der Waals surface area contributed by atoms with Crippen LogP contribution in [0.15, 0.2) is 59.1 Å². The van der Waals surface area contributed by atoms with Crippen LogP contribution in [-0.2, 0) is 13.1 Å². The third kappa shape index (κ3) is 6.45. The first-order valence-corrected chi connectivity index (χ1v) is 6.67. The van der Waals surface area contributed by atoms with E-state index in [-0.39, 0.29) is 34.0 Å². The first-order valence-electron chi connectivity index (χ1n) is 6.67. The van der Waals surface area contributed by atoms with Crippen molar-refractivity contribution in [1.82, 2.24) is 0 Å². The lowest BCUT2D eigenvalue weighted by atomic mass is 10.3. The molecule has 0 amide bonds. The molecule has 23 heavy (non-hydrogen) atoms. The van der Waals surface area contributed by atoms with Gasteiger partial charge in [0.05, 0.1) is 6.42 Å². The molecule has 0 saturated heterocycles. The van der Waals surface area contributed by atoms with Gasteiger partial charge in [-0.1, -0.05) is 10.3 Å². The number of aryl methyl sites for hydroxylation is 2. The van der Waals surface area contributed by atoms with E-state index in [4.69, 9.17) is 10.4 Å². The summed E-state index contributed by atoms with van der Waals surface area (Å²) in [7, 11) is 0. The minimum Gasteiger partial charge on any atom is -1.00 e. The summed E-state index contributed by atoms with van der Waals surface area (Å²) in [5.74, 6) is 0. The summed E-state index contributed by atoms with van der Waals surface area (Å²) in [4.78, 5) is 0. The van der Waals surface area contributed by atoms with Gasteiger partial charge in [-0.2, -0.15) is 9.13 Å². The molecule has 8 heteroatoms. The van der Waals surface area contributed by atoms with Gasteiger partial charge in [0.15, 0.2) is 25.5 Å². The second-order valence-corrected chi connectivity index (χ2v) is 4.48. The molecule has 2 aromatic rings. The molecule has 0 atom stereocenters. The van der Waals surface area contributed by atoms with Gasteiger partial charge in [0.25, 0.3) is 0 Å². The topological polar surface area (TPSA) is 72.9 Å². The Balaban J connectivity index is 0.00000242. The lowest BCUT2D eigenvalue weighted by Crippen LogP contribution is -3.00. The Hall–Kier alpha value is -1.80. The minimum atomic E-state index is 0. The summed E-state index contributed by atoms with van der Waals surface area (Å²) in [6, 6.07) is 11.4. The minimum absolute atomic E-state index is 0. The number of nitrogens with zero attached hydrogens (tertiary/aromatic N) is 4. The number of hydrogen-bond acceptors (Lipinski definition) is 4. The molecule has 0 aliphatic carbocycles. The Morgan fingerprint density at radius 2 is 1.22 bits per heavy atom. The molecular formula is C15H18Br2N4O2. The third-order valence-electron chi connectivity index (χ3n) is 3.13. The number of halogens is 2. The molecule has 0 aliphatic rings. The fourth-order valence-electron chi connectivity index (χ4n) is 2.15. The zero-order valence-corrected chi connectivity index (χ0v) is 15.5. The van der Waals surface area contributed by atoms with Gasteiger partial charge >= 0.3 is 0 Å². The van der Waals surface area contributed by atoms with Crippen molar-refractivity contribution in [2.24, 2.45) is 10.3 Å². The second kappa shape index (κ2) is 11.7. The summed E-state index contributed by atoms with van der Waals surface area (Å²) in [6.45, 7) is 1.58. The molecule has 6 nitrogen and oxygen atoms in total. The average molecular weight is 446 g/mol. The van der Waals surface area contributed by atoms with Gasteiger partial charge in [-0.05, 0) is 12.1 Å². The summed E-state index contributed by atoms with van der Waals surface area (Å²) in [6.07, 6.45) is 7.62. The lowest BCUT2D eigenvalue weighted by molar-refractivity contribution is -0.727. The Morgan fingerprint density at radius 3 is 1.61 bits per heavy atom. The van der Waals surface area contributed by atoms with E-state index >= 15 is 0 Å². The van der Waals surface area contributed by atoms with Crippen molar-refractivity contribution >= 4 is 12.4 Å². The largest absolute Gasteiger partial charge is 1.00 e. The number of aromatic nitrogens is 2. The van der Waals surface area contributed by atoms with Crippen LogP contribution in [0, 0.1) is 0 Å². The highest BCUT2D eigenvalue weighted by atomic mass is 79.9. The van der Waals surface area contributed by atoms with E-state index in [0.717, 1.165) is 30.9 Å². The summed E-state index contributed by atoms with van der Waals surface area (Å²) >= 11 is 0. The summed E-state index contributed by atoms with van der Waals surface area (Å²) < 4.78 is 4.03. The van der Waals surface area contributed by atoms with Crippen LogP contribution >= 0.6 is 0 Å². The highest BCUT2D eigenvalue weighted by Crippen LogP contribution is 1.92. The Bertz CT molecular complexity index is 595. The van der Waals surface area contributed by atoms with Gasteiger partial charge < -0.3 is 44.4 Å². The third-order valence-corrected chi connectivity index (χ3v) is 3.13. The maximum absolute atomic E-state index is 8.66. The van der Waals surface area contributed by atoms with Gasteiger partial charge in [0.1, 0.15) is 12.4 Å². The molecule has 0 saturated carbocycles. The van der Waals surface area contributed by atoms with Crippen LogP contribution in [0.4, 0.5) is 0 Å². The normalized spacial score (nSPS) is 10.4. The Morgan fingerprint density at radius 1 is 0.783 bits per heavy atom. The molecular weight excluding hydrogens is 428 g/mol. The van der Waals surface area contributed by atoms with Crippen molar-refractivity contribution in [3.63, 3.8) is 0 Å². The van der Waals surface area contributed by atoms with Crippen LogP contribution in [0.25, 0.3) is 0 Å². The van der Waals surface area contributed by atoms with E-state index in [9.17, 15) is 0 Å². The van der Waals surface area contributed by atoms with Crippen LogP contribution in [0.1, 0.15) is 17.8 Å². The van der Waals surface area contributed by atoms with Gasteiger partial charge in [0.2, 0.25) is 11.4 Å². The highest BCUT2D eigenvalue weighted by Gasteiger charge is 2.11. The van der Waals surface area contributed by atoms with E-state index < -0.39 is 0 Å². The maximum Gasteiger partial charge on any atom is 0.227 e. The number of rotatable bonds is 6. The standard InChI is InChI=1S/C15H16N4O2.2BrH/c20-16-12-14-6-1-3-8-18(14)10-5-11-19-9-4-2-7-15(19)13-17-21;;/h1-4,6-9,12-13H,5,10-11H2;2*1H. The van der Waals surface area contributed by atoms with Gasteiger partial charge in [-0.3, -0.25) is 0 Å². The molecule has 0 unspecified atom stereocenters. The molecule has 0 aromatic carbocycles. The zero-order chi connectivity index (χ0) is 14.9. The van der Waals surface area contributed by atoms with E-state index in [1.54, 1.807) is 0 Å². The molecule has 2 heterocycles. The number of pyridine rings is 2. The van der Waals surface area contributed by atoms with Crippen molar-refractivity contribution < 1.29 is 53.5 Å². The first-order chi connectivity index (χ1) is 10.3. The quantitative estimate of drug-likeness (QED) is 0.202. The van der Waals surface area contributed by atoms with Crippen molar-refractivity contribution in [1.29, 1.82) is 0 Å². The molecule has 0 aliphatic heterocycles. The Kier molecular flexibility index (Phi) is 10.8. The average Bonchev–Trinajstić information content (AvgIpc) is 2.51. The number of hydrogen-bond donors (Lipinski definition) is 2. The zero-order valence-electron chi connectivity index (χ0n) is 12.3. The molecule has 0 bridgehead atoms. The molecule has 2 N–H and O–H groups in total.